The molecule has 1 amide bonds. The molecule has 5 heteroatoms. The molecule has 0 unspecified atom stereocenters. The Morgan fingerprint density at radius 1 is 1.19 bits per heavy atom. The normalized spacial score (nSPS) is 9.81. The average molecular weight is 278 g/mol. The number of hydrogen-bond acceptors (Lipinski definition) is 3. The van der Waals surface area contributed by atoms with E-state index in [1.807, 2.05) is 0 Å². The van der Waals surface area contributed by atoms with Gasteiger partial charge in [-0.1, -0.05) is 0 Å². The van der Waals surface area contributed by atoms with Gasteiger partial charge in [-0.05, 0) is 40.2 Å². The van der Waals surface area contributed by atoms with Gasteiger partial charge in [-0.25, -0.2) is 4.98 Å². The third kappa shape index (κ3) is 2.43. The minimum Gasteiger partial charge on any atom is -0.320 e. The maximum absolute atomic E-state index is 11.8. The van der Waals surface area contributed by atoms with Gasteiger partial charge in [0.1, 0.15) is 4.60 Å². The minimum atomic E-state index is -0.184. The molecule has 0 aliphatic heterocycles. The van der Waals surface area contributed by atoms with E-state index < -0.39 is 0 Å². The van der Waals surface area contributed by atoms with Crippen LogP contribution < -0.4 is 5.32 Å². The minimum absolute atomic E-state index is 0.184. The largest absolute Gasteiger partial charge is 0.320 e. The summed E-state index contributed by atoms with van der Waals surface area (Å²) in [6.45, 7) is 0. The maximum atomic E-state index is 11.8. The highest BCUT2D eigenvalue weighted by Gasteiger charge is 2.07. The Hall–Kier alpha value is -1.75. The first kappa shape index (κ1) is 10.8. The monoisotopic (exact) mass is 277 g/mol. The lowest BCUT2D eigenvalue weighted by molar-refractivity contribution is 0.102. The quantitative estimate of drug-likeness (QED) is 0.859. The van der Waals surface area contributed by atoms with Crippen molar-refractivity contribution in [3.8, 4) is 0 Å². The zero-order valence-electron chi connectivity index (χ0n) is 8.22. The lowest BCUT2D eigenvalue weighted by atomic mass is 10.2. The summed E-state index contributed by atoms with van der Waals surface area (Å²) in [6, 6.07) is 6.84. The Labute approximate surface area is 101 Å². The van der Waals surface area contributed by atoms with Crippen LogP contribution in [0.2, 0.25) is 0 Å². The van der Waals surface area contributed by atoms with Crippen LogP contribution in [0.4, 0.5) is 5.69 Å². The van der Waals surface area contributed by atoms with Crippen LogP contribution in [0.3, 0.4) is 0 Å². The lowest BCUT2D eigenvalue weighted by Gasteiger charge is -2.05. The molecule has 0 aliphatic carbocycles. The first-order chi connectivity index (χ1) is 7.77. The summed E-state index contributed by atoms with van der Waals surface area (Å²) in [4.78, 5) is 19.6. The molecular weight excluding hydrogens is 270 g/mol. The highest BCUT2D eigenvalue weighted by atomic mass is 79.9. The van der Waals surface area contributed by atoms with E-state index in [2.05, 4.69) is 31.2 Å². The topological polar surface area (TPSA) is 54.9 Å². The summed E-state index contributed by atoms with van der Waals surface area (Å²) in [5.41, 5.74) is 1.20. The van der Waals surface area contributed by atoms with Crippen LogP contribution >= 0.6 is 15.9 Å². The maximum Gasteiger partial charge on any atom is 0.255 e. The third-order valence-electron chi connectivity index (χ3n) is 1.95. The van der Waals surface area contributed by atoms with E-state index in [-0.39, 0.29) is 5.91 Å². The van der Waals surface area contributed by atoms with Gasteiger partial charge < -0.3 is 5.32 Å². The van der Waals surface area contributed by atoms with Crippen LogP contribution in [-0.4, -0.2) is 15.9 Å². The molecule has 0 saturated carbocycles. The third-order valence-corrected chi connectivity index (χ3v) is 2.58. The van der Waals surface area contributed by atoms with Gasteiger partial charge in [-0.2, -0.15) is 0 Å². The van der Waals surface area contributed by atoms with Crippen LogP contribution in [-0.2, 0) is 0 Å². The second-order valence-electron chi connectivity index (χ2n) is 3.03. The van der Waals surface area contributed by atoms with Crippen LogP contribution in [0, 0.1) is 0 Å². The number of carbonyl (C=O) groups is 1. The smallest absolute Gasteiger partial charge is 0.255 e. The standard InChI is InChI=1S/C11H8BrN3O/c12-10-9(2-1-5-14-10)15-11(16)8-3-6-13-7-4-8/h1-7H,(H,15,16). The second-order valence-corrected chi connectivity index (χ2v) is 3.78. The van der Waals surface area contributed by atoms with Crippen LogP contribution in [0.5, 0.6) is 0 Å². The summed E-state index contributed by atoms with van der Waals surface area (Å²) in [6.07, 6.45) is 4.80. The van der Waals surface area contributed by atoms with Gasteiger partial charge in [0.15, 0.2) is 0 Å². The Bertz CT molecular complexity index is 502. The molecule has 0 saturated heterocycles. The molecule has 0 aliphatic rings. The van der Waals surface area contributed by atoms with Gasteiger partial charge in [-0.3, -0.25) is 9.78 Å². The van der Waals surface area contributed by atoms with E-state index in [4.69, 9.17) is 0 Å². The molecule has 2 aromatic rings. The van der Waals surface area contributed by atoms with E-state index in [9.17, 15) is 4.79 Å². The molecule has 80 valence electrons. The molecule has 16 heavy (non-hydrogen) atoms. The fourth-order valence-electron chi connectivity index (χ4n) is 1.18. The first-order valence-corrected chi connectivity index (χ1v) is 5.38. The molecule has 2 aromatic heterocycles. The zero-order chi connectivity index (χ0) is 11.4. The van der Waals surface area contributed by atoms with Gasteiger partial charge in [0, 0.05) is 24.2 Å². The van der Waals surface area contributed by atoms with E-state index in [1.54, 1.807) is 42.9 Å². The van der Waals surface area contributed by atoms with Gasteiger partial charge in [0.05, 0.1) is 5.69 Å². The number of nitrogens with zero attached hydrogens (tertiary/aromatic N) is 2. The Kier molecular flexibility index (Phi) is 3.26. The number of amides is 1. The number of carbonyl (C=O) groups excluding carboxylic acids is 1. The van der Waals surface area contributed by atoms with Crippen molar-refractivity contribution in [3.05, 3.63) is 53.0 Å². The first-order valence-electron chi connectivity index (χ1n) is 4.59. The van der Waals surface area contributed by atoms with Crippen molar-refractivity contribution >= 4 is 27.5 Å². The summed E-state index contributed by atoms with van der Waals surface area (Å²) >= 11 is 3.26. The van der Waals surface area contributed by atoms with Crippen molar-refractivity contribution in [1.29, 1.82) is 0 Å². The van der Waals surface area contributed by atoms with Crippen LogP contribution in [0.25, 0.3) is 0 Å². The predicted octanol–water partition coefficient (Wildman–Crippen LogP) is 2.49. The molecule has 0 aromatic carbocycles. The van der Waals surface area contributed by atoms with Crippen LogP contribution in [0.1, 0.15) is 10.4 Å². The van der Waals surface area contributed by atoms with Gasteiger partial charge >= 0.3 is 0 Å². The summed E-state index contributed by atoms with van der Waals surface area (Å²) in [7, 11) is 0. The second kappa shape index (κ2) is 4.85. The van der Waals surface area contributed by atoms with Crippen molar-refractivity contribution in [1.82, 2.24) is 9.97 Å². The molecule has 0 bridgehead atoms. The SMILES string of the molecule is O=C(Nc1cccnc1Br)c1ccncc1. The highest BCUT2D eigenvalue weighted by molar-refractivity contribution is 9.10. The predicted molar refractivity (Wildman–Crippen MR) is 64.1 cm³/mol. The lowest BCUT2D eigenvalue weighted by Crippen LogP contribution is -2.12. The Morgan fingerprint density at radius 3 is 2.62 bits per heavy atom. The zero-order valence-corrected chi connectivity index (χ0v) is 9.81. The molecule has 0 atom stereocenters. The van der Waals surface area contributed by atoms with E-state index in [0.29, 0.717) is 15.9 Å². The number of hydrogen-bond donors (Lipinski definition) is 1. The van der Waals surface area contributed by atoms with E-state index in [0.717, 1.165) is 0 Å². The number of aromatic nitrogens is 2. The highest BCUT2D eigenvalue weighted by Crippen LogP contribution is 2.18. The number of pyridine rings is 2. The van der Waals surface area contributed by atoms with Crippen molar-refractivity contribution in [3.63, 3.8) is 0 Å². The number of nitrogens with one attached hydrogen (secondary N) is 1. The molecule has 2 rings (SSSR count). The van der Waals surface area contributed by atoms with Gasteiger partial charge in [0.2, 0.25) is 0 Å². The van der Waals surface area contributed by atoms with Gasteiger partial charge in [-0.15, -0.1) is 0 Å². The van der Waals surface area contributed by atoms with Crippen molar-refractivity contribution < 1.29 is 4.79 Å². The Balaban J connectivity index is 2.18. The summed E-state index contributed by atoms with van der Waals surface area (Å²) in [5, 5.41) is 2.75. The fraction of sp³-hybridized carbons (Fsp3) is 0. The molecular formula is C11H8BrN3O. The molecule has 1 N–H and O–H groups in total. The molecule has 4 nitrogen and oxygen atoms in total. The molecule has 0 radical (unpaired) electrons. The van der Waals surface area contributed by atoms with Crippen LogP contribution in [0.15, 0.2) is 47.5 Å². The molecule has 0 fully saturated rings. The Morgan fingerprint density at radius 2 is 1.94 bits per heavy atom. The van der Waals surface area contributed by atoms with Crippen molar-refractivity contribution in [2.75, 3.05) is 5.32 Å². The fourth-order valence-corrected chi connectivity index (χ4v) is 1.53. The number of rotatable bonds is 2. The van der Waals surface area contributed by atoms with Gasteiger partial charge in [0.25, 0.3) is 5.91 Å². The molecule has 2 heterocycles. The van der Waals surface area contributed by atoms with Crippen molar-refractivity contribution in [2.45, 2.75) is 0 Å². The van der Waals surface area contributed by atoms with E-state index in [1.165, 1.54) is 0 Å². The summed E-state index contributed by atoms with van der Waals surface area (Å²) < 4.78 is 0.609. The average Bonchev–Trinajstić information content (AvgIpc) is 2.33. The molecule has 0 spiro atoms. The summed E-state index contributed by atoms with van der Waals surface area (Å²) in [5.74, 6) is -0.184. The van der Waals surface area contributed by atoms with Crippen molar-refractivity contribution in [2.24, 2.45) is 0 Å². The number of halogens is 1. The van der Waals surface area contributed by atoms with E-state index >= 15 is 0 Å². The number of anilines is 1.